The standard InChI is InChI=1S/C99H58N4O3/c1-7-28-86-73(22-1)79-53-59(62-37-45-95-82(56-62)76-25-4-10-31-92(76)104-95)34-42-89(79)101(86)68-19-13-16-65(50-68)71-40-41-85-99(98(71)67-18-15-21-70(52-67)103-88-30-9-3-24-75(88)81-55-61(36-44-91(81)103)64-39-47-97-84(58-64)78-27-6-12-33-94(78)106-97)72(48-49-100-85)66-17-14-20-69(51-66)102-87-29-8-2-23-74(87)80-54-60(35-43-90(80)102)63-38-46-96-83(57-63)77-26-5-11-32-93(77)105-96/h1-58H. The molecule has 16 aromatic carbocycles. The van der Waals surface area contributed by atoms with E-state index in [0.29, 0.717) is 0 Å². The number of hydrogen-bond donors (Lipinski definition) is 0. The lowest BCUT2D eigenvalue weighted by Crippen LogP contribution is -1.98. The van der Waals surface area contributed by atoms with E-state index in [1.54, 1.807) is 0 Å². The number of aromatic nitrogens is 4. The minimum atomic E-state index is 0.887. The van der Waals surface area contributed by atoms with Gasteiger partial charge in [0, 0.05) is 93.3 Å². The fourth-order valence-electron chi connectivity index (χ4n) is 17.5. The van der Waals surface area contributed by atoms with Gasteiger partial charge in [0.05, 0.1) is 38.6 Å². The molecule has 0 spiro atoms. The Bertz CT molecular complexity index is 7680. The van der Waals surface area contributed by atoms with Crippen LogP contribution in [0.25, 0.3) is 226 Å². The molecular weight excluding hydrogens is 1290 g/mol. The first-order valence-electron chi connectivity index (χ1n) is 36.1. The van der Waals surface area contributed by atoms with E-state index in [-0.39, 0.29) is 0 Å². The minimum Gasteiger partial charge on any atom is -0.456 e. The van der Waals surface area contributed by atoms with Gasteiger partial charge in [-0.2, -0.15) is 0 Å². The molecule has 0 saturated carbocycles. The van der Waals surface area contributed by atoms with Crippen LogP contribution in [0.5, 0.6) is 0 Å². The van der Waals surface area contributed by atoms with E-state index in [1.807, 2.05) is 42.6 Å². The van der Waals surface area contributed by atoms with Crippen molar-refractivity contribution < 1.29 is 13.3 Å². The van der Waals surface area contributed by atoms with E-state index in [9.17, 15) is 0 Å². The van der Waals surface area contributed by atoms with Gasteiger partial charge in [-0.1, -0.05) is 188 Å². The lowest BCUT2D eigenvalue weighted by Gasteiger charge is -2.19. The van der Waals surface area contributed by atoms with Crippen LogP contribution in [-0.4, -0.2) is 18.7 Å². The van der Waals surface area contributed by atoms with Crippen molar-refractivity contribution in [1.82, 2.24) is 18.7 Å². The highest BCUT2D eigenvalue weighted by Crippen LogP contribution is 2.47. The number of benzene rings is 16. The summed E-state index contributed by atoms with van der Waals surface area (Å²) in [7, 11) is 0. The summed E-state index contributed by atoms with van der Waals surface area (Å²) in [6.07, 6.45) is 1.98. The fraction of sp³-hybridized carbons (Fsp3) is 0. The third-order valence-electron chi connectivity index (χ3n) is 22.3. The van der Waals surface area contributed by atoms with E-state index in [4.69, 9.17) is 18.2 Å². The molecule has 0 fully saturated rings. The zero-order valence-corrected chi connectivity index (χ0v) is 57.0. The SMILES string of the molecule is c1cc(-c2ccc3nccc(-c4cccc(-n5c6ccccc6c6cc(-c7ccc8oc9ccccc9c8c7)ccc65)c4)c3c2-c2cccc(-n3c4ccccc4c4cc(-c5ccc6oc7ccccc7c6c5)ccc43)c2)cc(-n2c3ccccc3c3cc(-c4ccc5oc6ccccc6c5c4)ccc32)c1. The van der Waals surface area contributed by atoms with Gasteiger partial charge in [0.25, 0.3) is 0 Å². The summed E-state index contributed by atoms with van der Waals surface area (Å²) in [5.41, 5.74) is 29.6. The van der Waals surface area contributed by atoms with Gasteiger partial charge in [-0.15, -0.1) is 0 Å². The Labute approximate surface area is 606 Å². The van der Waals surface area contributed by atoms with Crippen LogP contribution < -0.4 is 0 Å². The zero-order valence-electron chi connectivity index (χ0n) is 57.0. The zero-order chi connectivity index (χ0) is 69.2. The molecule has 23 aromatic rings. The number of nitrogens with zero attached hydrogens (tertiary/aromatic N) is 4. The Morgan fingerprint density at radius 1 is 0.198 bits per heavy atom. The summed E-state index contributed by atoms with van der Waals surface area (Å²) >= 11 is 0. The van der Waals surface area contributed by atoms with Crippen LogP contribution in [0.4, 0.5) is 0 Å². The van der Waals surface area contributed by atoms with Crippen molar-refractivity contribution in [2.24, 2.45) is 0 Å². The third kappa shape index (κ3) is 8.84. The molecule has 106 heavy (non-hydrogen) atoms. The molecule has 0 bridgehead atoms. The lowest BCUT2D eigenvalue weighted by molar-refractivity contribution is 0.668. The van der Waals surface area contributed by atoms with Crippen LogP contribution >= 0.6 is 0 Å². The van der Waals surface area contributed by atoms with Gasteiger partial charge < -0.3 is 27.0 Å². The molecule has 0 aliphatic carbocycles. The minimum absolute atomic E-state index is 0.887. The van der Waals surface area contributed by atoms with Gasteiger partial charge >= 0.3 is 0 Å². The van der Waals surface area contributed by atoms with Gasteiger partial charge in [0.1, 0.15) is 33.5 Å². The first-order chi connectivity index (χ1) is 52.5. The molecule has 7 heterocycles. The van der Waals surface area contributed by atoms with Crippen molar-refractivity contribution in [1.29, 1.82) is 0 Å². The van der Waals surface area contributed by atoms with Crippen molar-refractivity contribution in [3.8, 4) is 83.8 Å². The molecule has 0 aliphatic heterocycles. The first kappa shape index (κ1) is 58.4. The van der Waals surface area contributed by atoms with Gasteiger partial charge in [-0.25, -0.2) is 0 Å². The van der Waals surface area contributed by atoms with Crippen LogP contribution in [0.15, 0.2) is 365 Å². The molecule has 7 aromatic heterocycles. The number of para-hydroxylation sites is 6. The molecular formula is C99H58N4O3. The van der Waals surface area contributed by atoms with Crippen molar-refractivity contribution in [2.45, 2.75) is 0 Å². The fourth-order valence-corrected chi connectivity index (χ4v) is 17.5. The molecule has 0 N–H and O–H groups in total. The van der Waals surface area contributed by atoms with Crippen molar-refractivity contribution in [3.05, 3.63) is 352 Å². The highest BCUT2D eigenvalue weighted by molar-refractivity contribution is 6.17. The number of rotatable bonds is 9. The van der Waals surface area contributed by atoms with Crippen LogP contribution in [0.2, 0.25) is 0 Å². The normalized spacial score (nSPS) is 12.2. The smallest absolute Gasteiger partial charge is 0.135 e. The number of fused-ring (bicyclic) bond motifs is 19. The van der Waals surface area contributed by atoms with E-state index in [1.165, 1.54) is 32.3 Å². The highest BCUT2D eigenvalue weighted by atomic mass is 16.3. The number of furan rings is 3. The molecule has 7 heteroatoms. The van der Waals surface area contributed by atoms with E-state index >= 15 is 0 Å². The van der Waals surface area contributed by atoms with E-state index in [2.05, 4.69) is 323 Å². The summed E-state index contributed by atoms with van der Waals surface area (Å²) in [5, 5.41) is 14.9. The predicted octanol–water partition coefficient (Wildman–Crippen LogP) is 27.2. The molecule has 0 amide bonds. The highest BCUT2D eigenvalue weighted by Gasteiger charge is 2.24. The third-order valence-corrected chi connectivity index (χ3v) is 22.3. The summed E-state index contributed by atoms with van der Waals surface area (Å²) in [6.45, 7) is 0. The average molecular weight is 1350 g/mol. The summed E-state index contributed by atoms with van der Waals surface area (Å²) in [6, 6.07) is 126. The second kappa shape index (κ2) is 22.6. The molecule has 0 radical (unpaired) electrons. The summed E-state index contributed by atoms with van der Waals surface area (Å²) in [5.74, 6) is 0. The molecule has 0 atom stereocenters. The van der Waals surface area contributed by atoms with Crippen LogP contribution in [0.3, 0.4) is 0 Å². The molecule has 0 unspecified atom stereocenters. The van der Waals surface area contributed by atoms with Gasteiger partial charge in [0.2, 0.25) is 0 Å². The van der Waals surface area contributed by atoms with Crippen LogP contribution in [0, 0.1) is 0 Å². The Hall–Kier alpha value is -14.3. The van der Waals surface area contributed by atoms with Gasteiger partial charge in [-0.05, 0) is 224 Å². The van der Waals surface area contributed by atoms with Crippen molar-refractivity contribution >= 4 is 142 Å². The maximum Gasteiger partial charge on any atom is 0.135 e. The summed E-state index contributed by atoms with van der Waals surface area (Å²) in [4.78, 5) is 5.27. The van der Waals surface area contributed by atoms with Crippen LogP contribution in [0.1, 0.15) is 0 Å². The number of hydrogen-bond acceptors (Lipinski definition) is 4. The largest absolute Gasteiger partial charge is 0.456 e. The molecule has 0 saturated heterocycles. The molecule has 492 valence electrons. The predicted molar refractivity (Wildman–Crippen MR) is 439 cm³/mol. The van der Waals surface area contributed by atoms with Crippen LogP contribution in [-0.2, 0) is 0 Å². The second-order valence-electron chi connectivity index (χ2n) is 28.1. The van der Waals surface area contributed by atoms with E-state index in [0.717, 1.165) is 194 Å². The lowest BCUT2D eigenvalue weighted by atomic mass is 9.87. The van der Waals surface area contributed by atoms with E-state index < -0.39 is 0 Å². The Morgan fingerprint density at radius 2 is 0.519 bits per heavy atom. The average Bonchev–Trinajstić information content (AvgIpc) is 1.63. The first-order valence-corrected chi connectivity index (χ1v) is 36.1. The molecule has 0 aliphatic rings. The quantitative estimate of drug-likeness (QED) is 0.144. The number of pyridine rings is 1. The maximum absolute atomic E-state index is 6.29. The van der Waals surface area contributed by atoms with Gasteiger partial charge in [0.15, 0.2) is 0 Å². The second-order valence-corrected chi connectivity index (χ2v) is 28.1. The topological polar surface area (TPSA) is 67.1 Å². The Kier molecular flexibility index (Phi) is 12.5. The summed E-state index contributed by atoms with van der Waals surface area (Å²) < 4.78 is 26.1. The van der Waals surface area contributed by atoms with Gasteiger partial charge in [-0.3, -0.25) is 4.98 Å². The molecule has 23 rings (SSSR count). The van der Waals surface area contributed by atoms with Crippen molar-refractivity contribution in [3.63, 3.8) is 0 Å². The maximum atomic E-state index is 6.29. The Balaban J connectivity index is 0.701. The monoisotopic (exact) mass is 1350 g/mol. The van der Waals surface area contributed by atoms with Crippen molar-refractivity contribution in [2.75, 3.05) is 0 Å². The molecule has 7 nitrogen and oxygen atoms in total. The Morgan fingerprint density at radius 3 is 0.934 bits per heavy atom.